The van der Waals surface area contributed by atoms with Crippen LogP contribution in [0.25, 0.3) is 0 Å². The van der Waals surface area contributed by atoms with E-state index in [2.05, 4.69) is 152 Å². The van der Waals surface area contributed by atoms with Gasteiger partial charge in [0.1, 0.15) is 36.6 Å². The summed E-state index contributed by atoms with van der Waals surface area (Å²) in [6, 6.07) is 0. The van der Waals surface area contributed by atoms with Gasteiger partial charge in [-0.1, -0.05) is 219 Å². The van der Waals surface area contributed by atoms with Gasteiger partial charge in [0.05, 0.1) is 0 Å². The van der Waals surface area contributed by atoms with Gasteiger partial charge in [-0.05, 0) is 147 Å². The third-order valence-corrected chi connectivity index (χ3v) is 15.4. The first-order valence-corrected chi connectivity index (χ1v) is 36.4. The van der Waals surface area contributed by atoms with Crippen molar-refractivity contribution >= 4 is 34.7 Å². The molecule has 92 heavy (non-hydrogen) atoms. The smallest absolute Gasteiger partial charge is 0.162 e. The van der Waals surface area contributed by atoms with Gasteiger partial charge in [-0.15, -0.1) is 0 Å². The van der Waals surface area contributed by atoms with Gasteiger partial charge in [0.25, 0.3) is 0 Å². The second-order valence-electron chi connectivity index (χ2n) is 37.0. The van der Waals surface area contributed by atoms with Crippen molar-refractivity contribution < 1.29 is 57.2 Å². The van der Waals surface area contributed by atoms with E-state index in [9.17, 15) is 28.8 Å². The molecule has 3 rings (SSSR count). The fourth-order valence-corrected chi connectivity index (χ4v) is 10.8. The minimum absolute atomic E-state index is 0.0394. The molecule has 8 atom stereocenters. The average molecular weight is 1310 g/mol. The predicted octanol–water partition coefficient (Wildman–Crippen LogP) is 20.6. The maximum Gasteiger partial charge on any atom is 0.162 e. The van der Waals surface area contributed by atoms with Gasteiger partial charge in [0, 0.05) is 78.2 Å². The third-order valence-electron chi connectivity index (χ3n) is 15.4. The van der Waals surface area contributed by atoms with Gasteiger partial charge < -0.3 is 28.4 Å². The molecule has 12 heteroatoms. The molecule has 0 bridgehead atoms. The summed E-state index contributed by atoms with van der Waals surface area (Å²) >= 11 is 0. The second kappa shape index (κ2) is 43.9. The van der Waals surface area contributed by atoms with Crippen LogP contribution in [0.15, 0.2) is 0 Å². The molecular formula is C80H154O12. The normalized spacial score (nSPS) is 18.3. The Hall–Kier alpha value is -2.22. The minimum Gasteiger partial charge on any atom is -0.371 e. The summed E-state index contributed by atoms with van der Waals surface area (Å²) in [6.45, 7) is 72.0. The number of hydrogen-bond donors (Lipinski definition) is 0. The fraction of sp³-hybridized carbons (Fsp3) is 0.925. The molecule has 3 aliphatic carbocycles. The average Bonchev–Trinajstić information content (AvgIpc) is 1.88. The van der Waals surface area contributed by atoms with Gasteiger partial charge in [0.15, 0.2) is 34.7 Å². The van der Waals surface area contributed by atoms with Crippen molar-refractivity contribution in [2.24, 2.45) is 72.9 Å². The Bertz CT molecular complexity index is 1980. The zero-order valence-corrected chi connectivity index (χ0v) is 66.8. The van der Waals surface area contributed by atoms with Crippen molar-refractivity contribution in [1.29, 1.82) is 0 Å². The van der Waals surface area contributed by atoms with Gasteiger partial charge in [-0.25, -0.2) is 0 Å². The lowest BCUT2D eigenvalue weighted by atomic mass is 9.79. The number of carbonyl (C=O) groups is 6. The van der Waals surface area contributed by atoms with Gasteiger partial charge in [-0.3, -0.25) is 28.8 Å². The summed E-state index contributed by atoms with van der Waals surface area (Å²) in [5.41, 5.74) is 0.388. The molecule has 0 spiro atoms. The van der Waals surface area contributed by atoms with Crippen LogP contribution in [0.3, 0.4) is 0 Å². The molecule has 0 aliphatic heterocycles. The van der Waals surface area contributed by atoms with E-state index in [4.69, 9.17) is 28.4 Å². The first-order valence-electron chi connectivity index (χ1n) is 36.4. The number of ketones is 6. The summed E-state index contributed by atoms with van der Waals surface area (Å²) < 4.78 is 33.4. The standard InChI is InChI=1S/2C14H26O2.C14H28O2.C13H24O2.C13H26O2.C12H24O2/c1-6-16-13(8-11-7-10(11)2)12(15)9-14(3,4)5;1-5-16-13(9-11-7-6-8-11)12(15)10-14(2,3)4;1-8-16-12(10-14(5,6)7)11(15)9-13(2,3)4;1-5-15-12(8-10-6-7-10)11(14)9-13(2,3)4;1-8-15-11(13(5,6)7)10(14)9-12(2,3)4;1-7-14-11(9(2)3)10(13)8-12(4,5)6/h10-11,13H,6-9H2,1-5H3;11,13H,5-10H2,1-4H3;12H,8-10H2,1-7H3;10,12H,5-9H2,1-4H3;11H,8-9H2,1-7H3;9,11H,7-8H2,1-6H3. The highest BCUT2D eigenvalue weighted by Gasteiger charge is 2.38. The van der Waals surface area contributed by atoms with E-state index >= 15 is 0 Å². The lowest BCUT2D eigenvalue weighted by molar-refractivity contribution is -0.139. The van der Waals surface area contributed by atoms with E-state index in [-0.39, 0.29) is 115 Å². The van der Waals surface area contributed by atoms with Crippen LogP contribution in [0, 0.1) is 72.9 Å². The Morgan fingerprint density at radius 3 is 0.859 bits per heavy atom. The second-order valence-corrected chi connectivity index (χ2v) is 37.0. The zero-order valence-electron chi connectivity index (χ0n) is 66.8. The largest absolute Gasteiger partial charge is 0.371 e. The SMILES string of the molecule is CCOC(C(=O)CC(C)(C)C)C(C)(C)C.CCOC(C(=O)CC(C)(C)C)C(C)C.CCOC(CC(C)(C)C)C(=O)CC(C)(C)C.CCOC(CC1CC1)C(=O)CC(C)(C)C.CCOC(CC1CC1C)C(=O)CC(C)(C)C.CCOC(CC1CCC1)C(=O)CC(C)(C)C. The number of Topliss-reactive ketones (excluding diaryl/α,β-unsaturated/α-hetero) is 6. The molecule has 0 aromatic heterocycles. The molecule has 12 nitrogen and oxygen atoms in total. The molecule has 3 fully saturated rings. The Balaban J connectivity index is -0.00000103. The molecule has 0 radical (unpaired) electrons. The topological polar surface area (TPSA) is 158 Å². The van der Waals surface area contributed by atoms with Crippen LogP contribution in [0.5, 0.6) is 0 Å². The molecular weight excluding hydrogens is 1150 g/mol. The Morgan fingerprint density at radius 1 is 0.348 bits per heavy atom. The molecule has 3 saturated carbocycles. The van der Waals surface area contributed by atoms with E-state index in [0.717, 1.165) is 49.4 Å². The van der Waals surface area contributed by atoms with E-state index in [1.807, 2.05) is 76.2 Å². The van der Waals surface area contributed by atoms with Crippen LogP contribution in [0.1, 0.15) is 331 Å². The Kier molecular flexibility index (Phi) is 44.9. The summed E-state index contributed by atoms with van der Waals surface area (Å²) in [5.74, 6) is 4.84. The molecule has 0 aromatic rings. The highest BCUT2D eigenvalue weighted by molar-refractivity contribution is 5.86. The van der Waals surface area contributed by atoms with E-state index in [1.165, 1.54) is 38.5 Å². The molecule has 0 N–H and O–H groups in total. The third kappa shape index (κ3) is 52.9. The van der Waals surface area contributed by atoms with Crippen LogP contribution in [0.4, 0.5) is 0 Å². The van der Waals surface area contributed by atoms with Gasteiger partial charge in [-0.2, -0.15) is 0 Å². The predicted molar refractivity (Wildman–Crippen MR) is 387 cm³/mol. The van der Waals surface area contributed by atoms with E-state index in [1.54, 1.807) is 0 Å². The summed E-state index contributed by atoms with van der Waals surface area (Å²) in [4.78, 5) is 72.2. The van der Waals surface area contributed by atoms with Crippen molar-refractivity contribution in [1.82, 2.24) is 0 Å². The minimum atomic E-state index is -0.276. The molecule has 0 amide bonds. The quantitative estimate of drug-likeness (QED) is 0.0629. The monoisotopic (exact) mass is 1310 g/mol. The van der Waals surface area contributed by atoms with E-state index < -0.39 is 0 Å². The van der Waals surface area contributed by atoms with Gasteiger partial charge in [0.2, 0.25) is 0 Å². The van der Waals surface area contributed by atoms with Crippen LogP contribution in [0.2, 0.25) is 0 Å². The molecule has 8 unspecified atom stereocenters. The summed E-state index contributed by atoms with van der Waals surface area (Å²) in [7, 11) is 0. The summed E-state index contributed by atoms with van der Waals surface area (Å²) in [6.07, 6.45) is 13.8. The van der Waals surface area contributed by atoms with Crippen LogP contribution in [-0.2, 0) is 57.2 Å². The van der Waals surface area contributed by atoms with Crippen molar-refractivity contribution in [3.8, 4) is 0 Å². The number of ether oxygens (including phenoxy) is 6. The summed E-state index contributed by atoms with van der Waals surface area (Å²) in [5, 5.41) is 0. The molecule has 3 aliphatic rings. The first-order chi connectivity index (χ1) is 41.6. The lowest BCUT2D eigenvalue weighted by Crippen LogP contribution is -2.38. The molecule has 0 saturated heterocycles. The molecule has 0 heterocycles. The fourth-order valence-electron chi connectivity index (χ4n) is 10.8. The van der Waals surface area contributed by atoms with E-state index in [0.29, 0.717) is 83.9 Å². The van der Waals surface area contributed by atoms with Crippen molar-refractivity contribution in [3.05, 3.63) is 0 Å². The number of rotatable bonds is 32. The number of hydrogen-bond acceptors (Lipinski definition) is 12. The van der Waals surface area contributed by atoms with Crippen molar-refractivity contribution in [3.63, 3.8) is 0 Å². The lowest BCUT2D eigenvalue weighted by Gasteiger charge is -2.31. The maximum absolute atomic E-state index is 12.1. The zero-order chi connectivity index (χ0) is 72.6. The van der Waals surface area contributed by atoms with Crippen LogP contribution >= 0.6 is 0 Å². The first kappa shape index (κ1) is 94.0. The molecule has 0 aromatic carbocycles. The van der Waals surface area contributed by atoms with Gasteiger partial charge >= 0.3 is 0 Å². The molecule has 546 valence electrons. The Labute approximate surface area is 569 Å². The number of carbonyl (C=O) groups excluding carboxylic acids is 6. The Morgan fingerprint density at radius 2 is 0.620 bits per heavy atom. The highest BCUT2D eigenvalue weighted by atomic mass is 16.5. The maximum atomic E-state index is 12.1. The van der Waals surface area contributed by atoms with Crippen molar-refractivity contribution in [2.45, 2.75) is 368 Å². The van der Waals surface area contributed by atoms with Crippen LogP contribution < -0.4 is 0 Å². The highest BCUT2D eigenvalue weighted by Crippen LogP contribution is 2.42. The van der Waals surface area contributed by atoms with Crippen LogP contribution in [-0.4, -0.2) is 111 Å². The van der Waals surface area contributed by atoms with Crippen molar-refractivity contribution in [2.75, 3.05) is 39.6 Å².